The molecule has 0 fully saturated rings. The van der Waals surface area contributed by atoms with Gasteiger partial charge in [0.25, 0.3) is 0 Å². The molecule has 4 N–H and O–H groups in total. The van der Waals surface area contributed by atoms with E-state index in [0.29, 0.717) is 0 Å². The molecule has 7 nitrogen and oxygen atoms in total. The van der Waals surface area contributed by atoms with Crippen molar-refractivity contribution in [3.05, 3.63) is 35.4 Å². The van der Waals surface area contributed by atoms with E-state index in [9.17, 15) is 9.59 Å². The molecule has 0 amide bonds. The van der Waals surface area contributed by atoms with Gasteiger partial charge in [-0.2, -0.15) is 0 Å². The number of carboxylic acids is 2. The number of rotatable bonds is 2. The minimum Gasteiger partial charge on any atom is -1.00 e. The van der Waals surface area contributed by atoms with E-state index in [1.807, 2.05) is 0 Å². The fraction of sp³-hybridized carbons (Fsp3) is 0. The van der Waals surface area contributed by atoms with Crippen molar-refractivity contribution in [1.29, 1.82) is 0 Å². The van der Waals surface area contributed by atoms with E-state index in [1.165, 1.54) is 24.3 Å². The fourth-order valence-corrected chi connectivity index (χ4v) is 0.856. The number of benzene rings is 1. The molecule has 0 spiro atoms. The predicted molar refractivity (Wildman–Crippen MR) is 52.1 cm³/mol. The Morgan fingerprint density at radius 2 is 1.06 bits per heavy atom. The summed E-state index contributed by atoms with van der Waals surface area (Å²) in [6, 6.07) is 5.48. The first-order valence-corrected chi connectivity index (χ1v) is 3.83. The molecule has 0 aromatic heterocycles. The van der Waals surface area contributed by atoms with Crippen molar-refractivity contribution in [3.8, 4) is 0 Å². The van der Waals surface area contributed by atoms with Crippen LogP contribution in [0.4, 0.5) is 4.79 Å². The van der Waals surface area contributed by atoms with Crippen molar-refractivity contribution in [2.24, 2.45) is 0 Å². The summed E-state index contributed by atoms with van der Waals surface area (Å²) in [6.07, 6.45) is -1.83. The maximum Gasteiger partial charge on any atom is 1.00 e. The average Bonchev–Trinajstić information content (AvgIpc) is 2.16. The second-order valence-corrected chi connectivity index (χ2v) is 2.44. The number of hydrogen-bond donors (Lipinski definition) is 4. The number of carboxylic acid groups (broad SMARTS) is 4. The van der Waals surface area contributed by atoms with Gasteiger partial charge in [-0.25, -0.2) is 14.4 Å². The van der Waals surface area contributed by atoms with E-state index in [-0.39, 0.29) is 63.9 Å². The van der Waals surface area contributed by atoms with Crippen molar-refractivity contribution in [3.63, 3.8) is 0 Å². The minimum absolute atomic E-state index is 0. The van der Waals surface area contributed by atoms with E-state index in [1.54, 1.807) is 0 Å². The molecular formula is C9H9KO7. The molecule has 0 aliphatic carbocycles. The van der Waals surface area contributed by atoms with Crippen molar-refractivity contribution >= 4 is 18.1 Å². The summed E-state index contributed by atoms with van der Waals surface area (Å²) >= 11 is 0. The standard InChI is InChI=1S/C8H6O4.CH2O3.K.H/c9-7(10)5-3-1-2-4-6(5)8(11)12;2-1(3)4;;/h1-4H,(H,9,10)(H,11,12);(H2,2,3,4);;/q;;+1;-1. The van der Waals surface area contributed by atoms with Gasteiger partial charge in [0.15, 0.2) is 0 Å². The first-order valence-electron chi connectivity index (χ1n) is 3.83. The molecule has 0 unspecified atom stereocenters. The van der Waals surface area contributed by atoms with Gasteiger partial charge in [-0.05, 0) is 12.1 Å². The fourth-order valence-electron chi connectivity index (χ4n) is 0.856. The van der Waals surface area contributed by atoms with Crippen molar-refractivity contribution < 1.29 is 87.6 Å². The second kappa shape index (κ2) is 9.13. The monoisotopic (exact) mass is 268 g/mol. The second-order valence-electron chi connectivity index (χ2n) is 2.44. The Kier molecular flexibility index (Phi) is 9.90. The quantitative estimate of drug-likeness (QED) is 0.476. The summed E-state index contributed by atoms with van der Waals surface area (Å²) in [4.78, 5) is 29.5. The summed E-state index contributed by atoms with van der Waals surface area (Å²) in [5, 5.41) is 31.0. The first-order chi connectivity index (χ1) is 7.36. The van der Waals surface area contributed by atoms with Crippen LogP contribution in [0.5, 0.6) is 0 Å². The Bertz CT molecular complexity index is 384. The third-order valence-electron chi connectivity index (χ3n) is 1.39. The Morgan fingerprint density at radius 3 is 1.24 bits per heavy atom. The van der Waals surface area contributed by atoms with Gasteiger partial charge in [0.05, 0.1) is 11.1 Å². The molecule has 1 aromatic carbocycles. The Balaban J connectivity index is -0.000000332. The number of hydrogen-bond acceptors (Lipinski definition) is 3. The van der Waals surface area contributed by atoms with Crippen molar-refractivity contribution in [2.75, 3.05) is 0 Å². The maximum atomic E-state index is 10.5. The Labute approximate surface area is 140 Å². The molecule has 8 heteroatoms. The minimum atomic E-state index is -1.83. The summed E-state index contributed by atoms with van der Waals surface area (Å²) < 4.78 is 0. The summed E-state index contributed by atoms with van der Waals surface area (Å²) in [6.45, 7) is 0. The molecule has 0 radical (unpaired) electrons. The zero-order chi connectivity index (χ0) is 12.7. The van der Waals surface area contributed by atoms with Crippen LogP contribution in [0.3, 0.4) is 0 Å². The van der Waals surface area contributed by atoms with E-state index in [0.717, 1.165) is 0 Å². The van der Waals surface area contributed by atoms with E-state index < -0.39 is 18.1 Å². The molecular weight excluding hydrogens is 259 g/mol. The van der Waals surface area contributed by atoms with Crippen LogP contribution in [-0.2, 0) is 0 Å². The molecule has 88 valence electrons. The molecule has 0 heterocycles. The van der Waals surface area contributed by atoms with Gasteiger partial charge in [-0.15, -0.1) is 0 Å². The van der Waals surface area contributed by atoms with E-state index >= 15 is 0 Å². The molecule has 0 saturated heterocycles. The van der Waals surface area contributed by atoms with Gasteiger partial charge in [0.2, 0.25) is 0 Å². The summed E-state index contributed by atoms with van der Waals surface area (Å²) in [5.41, 5.74) is -0.380. The smallest absolute Gasteiger partial charge is 1.00 e. The van der Waals surface area contributed by atoms with E-state index in [2.05, 4.69) is 0 Å². The average molecular weight is 268 g/mol. The summed E-state index contributed by atoms with van der Waals surface area (Å²) in [5.74, 6) is -2.46. The van der Waals surface area contributed by atoms with Crippen LogP contribution in [-0.4, -0.2) is 38.5 Å². The third kappa shape index (κ3) is 7.88. The molecule has 1 rings (SSSR count). The maximum absolute atomic E-state index is 10.5. The van der Waals surface area contributed by atoms with Gasteiger partial charge in [0, 0.05) is 0 Å². The van der Waals surface area contributed by atoms with Crippen LogP contribution in [0.2, 0.25) is 0 Å². The van der Waals surface area contributed by atoms with Crippen molar-refractivity contribution in [2.45, 2.75) is 0 Å². The number of aromatic carboxylic acids is 2. The summed E-state index contributed by atoms with van der Waals surface area (Å²) in [7, 11) is 0. The Hall–Kier alpha value is -0.934. The normalized spacial score (nSPS) is 8.00. The van der Waals surface area contributed by atoms with Crippen LogP contribution in [0.15, 0.2) is 24.3 Å². The van der Waals surface area contributed by atoms with Gasteiger partial charge in [0.1, 0.15) is 0 Å². The third-order valence-corrected chi connectivity index (χ3v) is 1.39. The van der Waals surface area contributed by atoms with Crippen LogP contribution in [0, 0.1) is 0 Å². The Morgan fingerprint density at radius 1 is 0.824 bits per heavy atom. The van der Waals surface area contributed by atoms with Gasteiger partial charge < -0.3 is 21.9 Å². The van der Waals surface area contributed by atoms with Crippen LogP contribution < -0.4 is 51.4 Å². The number of carbonyl (C=O) groups is 3. The van der Waals surface area contributed by atoms with Gasteiger partial charge in [-0.1, -0.05) is 12.1 Å². The largest absolute Gasteiger partial charge is 1.00 e. The van der Waals surface area contributed by atoms with Gasteiger partial charge in [-0.3, -0.25) is 0 Å². The molecule has 0 bridgehead atoms. The van der Waals surface area contributed by atoms with Crippen LogP contribution >= 0.6 is 0 Å². The topological polar surface area (TPSA) is 132 Å². The SMILES string of the molecule is O=C(O)O.O=C(O)c1ccccc1C(=O)O.[H-].[K+]. The molecule has 17 heavy (non-hydrogen) atoms. The van der Waals surface area contributed by atoms with Crippen molar-refractivity contribution in [1.82, 2.24) is 0 Å². The zero-order valence-electron chi connectivity index (χ0n) is 9.82. The molecule has 0 aliphatic heterocycles. The molecule has 1 aromatic rings. The molecule has 0 aliphatic rings. The first kappa shape index (κ1) is 18.4. The zero-order valence-corrected chi connectivity index (χ0v) is 11.9. The van der Waals surface area contributed by atoms with Crippen LogP contribution in [0.1, 0.15) is 22.1 Å². The molecule has 0 saturated carbocycles. The van der Waals surface area contributed by atoms with E-state index in [4.69, 9.17) is 25.2 Å². The predicted octanol–water partition coefficient (Wildman–Crippen LogP) is -1.58. The van der Waals surface area contributed by atoms with Gasteiger partial charge >= 0.3 is 69.5 Å². The molecule has 0 atom stereocenters. The van der Waals surface area contributed by atoms with Crippen LogP contribution in [0.25, 0.3) is 0 Å².